The third kappa shape index (κ3) is 7.51. The van der Waals surface area contributed by atoms with Crippen LogP contribution in [0.25, 0.3) is 0 Å². The van der Waals surface area contributed by atoms with Gasteiger partial charge in [-0.25, -0.2) is 0 Å². The number of hydrogen-bond acceptors (Lipinski definition) is 4. The van der Waals surface area contributed by atoms with E-state index in [4.69, 9.17) is 0 Å². The first kappa shape index (κ1) is 17.6. The highest BCUT2D eigenvalue weighted by molar-refractivity contribution is 6.32. The van der Waals surface area contributed by atoms with Gasteiger partial charge >= 0.3 is 0 Å². The second-order valence-corrected chi connectivity index (χ2v) is 7.37. The zero-order valence-corrected chi connectivity index (χ0v) is 16.0. The van der Waals surface area contributed by atoms with Crippen LogP contribution in [0.2, 0.25) is 0 Å². The molecule has 0 radical (unpaired) electrons. The average Bonchev–Trinajstić information content (AvgIpc) is 2.53. The molecule has 0 spiro atoms. The molecule has 1 aliphatic heterocycles. The molecule has 1 aromatic rings. The van der Waals surface area contributed by atoms with E-state index in [1.165, 1.54) is 30.1 Å². The molecule has 4 nitrogen and oxygen atoms in total. The van der Waals surface area contributed by atoms with Gasteiger partial charge in [0.25, 0.3) is 0 Å². The molecule has 1 aliphatic rings. The largest absolute Gasteiger partial charge is 0.315 e. The van der Waals surface area contributed by atoms with Gasteiger partial charge in [0.05, 0.1) is 0 Å². The second kappa shape index (κ2) is 10.9. The molecule has 5 heteroatoms. The van der Waals surface area contributed by atoms with Gasteiger partial charge in [-0.15, -0.1) is 0 Å². The third-order valence-corrected chi connectivity index (χ3v) is 4.81. The molecule has 3 N–H and O–H groups in total. The smallest absolute Gasteiger partial charge is 0.0384 e. The van der Waals surface area contributed by atoms with Crippen LogP contribution in [0.1, 0.15) is 18.4 Å². The van der Waals surface area contributed by atoms with Crippen molar-refractivity contribution in [2.24, 2.45) is 0 Å². The van der Waals surface area contributed by atoms with Crippen LogP contribution in [-0.4, -0.2) is 67.5 Å². The first-order chi connectivity index (χ1) is 10.8. The van der Waals surface area contributed by atoms with Gasteiger partial charge in [-0.2, -0.15) is 0 Å². The summed E-state index contributed by atoms with van der Waals surface area (Å²) < 4.78 is 0. The van der Waals surface area contributed by atoms with Gasteiger partial charge in [0, 0.05) is 43.0 Å². The molecule has 1 aromatic carbocycles. The first-order valence-electron chi connectivity index (χ1n) is 8.74. The van der Waals surface area contributed by atoms with Crippen LogP contribution in [0.15, 0.2) is 24.3 Å². The van der Waals surface area contributed by atoms with Gasteiger partial charge in [0.2, 0.25) is 0 Å². The van der Waals surface area contributed by atoms with Crippen molar-refractivity contribution in [1.29, 1.82) is 0 Å². The van der Waals surface area contributed by atoms with E-state index in [0.717, 1.165) is 62.6 Å². The minimum Gasteiger partial charge on any atom is -0.315 e. The molecule has 1 saturated heterocycles. The Labute approximate surface area is 138 Å². The van der Waals surface area contributed by atoms with Gasteiger partial charge in [-0.3, -0.25) is 4.90 Å². The molecule has 2 rings (SSSR count). The first-order valence-corrected chi connectivity index (χ1v) is 9.74. The normalized spacial score (nSPS) is 20.5. The van der Waals surface area contributed by atoms with Gasteiger partial charge in [-0.05, 0) is 44.6 Å². The van der Waals surface area contributed by atoms with E-state index in [9.17, 15) is 0 Å². The van der Waals surface area contributed by atoms with Crippen molar-refractivity contribution in [2.45, 2.75) is 19.4 Å². The number of benzene rings is 1. The summed E-state index contributed by atoms with van der Waals surface area (Å²) in [7, 11) is 1.14. The summed E-state index contributed by atoms with van der Waals surface area (Å²) in [6.07, 6.45) is 2.43. The standard InChI is InChI=1S/C17H32N4Si/c22-17-5-3-16(4-6-17)15-21-13-2-9-19-11-10-18-7-1-8-20-12-14-21/h3-6,18-20H,1-2,7-15H2,22H3. The highest BCUT2D eigenvalue weighted by atomic mass is 28.1. The van der Waals surface area contributed by atoms with Crippen LogP contribution >= 0.6 is 0 Å². The van der Waals surface area contributed by atoms with Crippen molar-refractivity contribution in [3.8, 4) is 0 Å². The lowest BCUT2D eigenvalue weighted by Crippen LogP contribution is -2.36. The fourth-order valence-corrected chi connectivity index (χ4v) is 3.11. The SMILES string of the molecule is [SiH3]c1ccc(CN2CCCNCCNCCCNCC2)cc1. The fraction of sp³-hybridized carbons (Fsp3) is 0.647. The van der Waals surface area contributed by atoms with Crippen LogP contribution in [0, 0.1) is 0 Å². The second-order valence-electron chi connectivity index (χ2n) is 6.22. The Morgan fingerprint density at radius 3 is 2.14 bits per heavy atom. The van der Waals surface area contributed by atoms with E-state index in [-0.39, 0.29) is 0 Å². The van der Waals surface area contributed by atoms with E-state index >= 15 is 0 Å². The zero-order chi connectivity index (χ0) is 15.5. The minimum atomic E-state index is 1.07. The molecule has 22 heavy (non-hydrogen) atoms. The van der Waals surface area contributed by atoms with Crippen LogP contribution in [0.4, 0.5) is 0 Å². The molecule has 124 valence electrons. The summed E-state index contributed by atoms with van der Waals surface area (Å²) >= 11 is 0. The van der Waals surface area contributed by atoms with Crippen LogP contribution < -0.4 is 21.1 Å². The lowest BCUT2D eigenvalue weighted by atomic mass is 10.2. The van der Waals surface area contributed by atoms with Crippen molar-refractivity contribution < 1.29 is 0 Å². The average molecular weight is 321 g/mol. The summed E-state index contributed by atoms with van der Waals surface area (Å²) in [5, 5.41) is 12.1. The highest BCUT2D eigenvalue weighted by Crippen LogP contribution is 2.03. The maximum Gasteiger partial charge on any atom is 0.0384 e. The quantitative estimate of drug-likeness (QED) is 0.614. The number of nitrogens with zero attached hydrogens (tertiary/aromatic N) is 1. The van der Waals surface area contributed by atoms with Crippen LogP contribution in [0.5, 0.6) is 0 Å². The maximum absolute atomic E-state index is 3.57. The number of rotatable bonds is 2. The van der Waals surface area contributed by atoms with Crippen molar-refractivity contribution in [3.05, 3.63) is 29.8 Å². The minimum absolute atomic E-state index is 1.07. The summed E-state index contributed by atoms with van der Waals surface area (Å²) in [6.45, 7) is 9.98. The van der Waals surface area contributed by atoms with Crippen molar-refractivity contribution in [1.82, 2.24) is 20.9 Å². The van der Waals surface area contributed by atoms with Gasteiger partial charge in [0.1, 0.15) is 0 Å². The number of nitrogens with one attached hydrogen (secondary N) is 3. The Hall–Kier alpha value is -0.723. The van der Waals surface area contributed by atoms with Crippen molar-refractivity contribution >= 4 is 15.4 Å². The Kier molecular flexibility index (Phi) is 8.74. The molecule has 1 fully saturated rings. The lowest BCUT2D eigenvalue weighted by Gasteiger charge is -2.23. The molecular weight excluding hydrogens is 288 g/mol. The van der Waals surface area contributed by atoms with Gasteiger partial charge in [0.15, 0.2) is 0 Å². The molecule has 0 aliphatic carbocycles. The molecule has 0 unspecified atom stereocenters. The molecule has 0 amide bonds. The van der Waals surface area contributed by atoms with Crippen molar-refractivity contribution in [2.75, 3.05) is 52.4 Å². The summed E-state index contributed by atoms with van der Waals surface area (Å²) in [6, 6.07) is 9.15. The van der Waals surface area contributed by atoms with E-state index < -0.39 is 0 Å². The van der Waals surface area contributed by atoms with E-state index in [0.29, 0.717) is 0 Å². The molecule has 0 atom stereocenters. The van der Waals surface area contributed by atoms with Crippen LogP contribution in [0.3, 0.4) is 0 Å². The Balaban J connectivity index is 1.81. The highest BCUT2D eigenvalue weighted by Gasteiger charge is 2.06. The maximum atomic E-state index is 3.57. The third-order valence-electron chi connectivity index (χ3n) is 4.15. The predicted octanol–water partition coefficient (Wildman–Crippen LogP) is -0.958. The topological polar surface area (TPSA) is 39.3 Å². The predicted molar refractivity (Wildman–Crippen MR) is 99.1 cm³/mol. The Morgan fingerprint density at radius 1 is 0.773 bits per heavy atom. The van der Waals surface area contributed by atoms with Gasteiger partial charge < -0.3 is 16.0 Å². The molecule has 0 saturated carbocycles. The summed E-state index contributed by atoms with van der Waals surface area (Å²) in [4.78, 5) is 2.58. The Bertz CT molecular complexity index is 382. The van der Waals surface area contributed by atoms with E-state index in [1.807, 2.05) is 0 Å². The van der Waals surface area contributed by atoms with Gasteiger partial charge in [-0.1, -0.05) is 29.5 Å². The fourth-order valence-electron chi connectivity index (χ4n) is 2.78. The molecule has 1 heterocycles. The van der Waals surface area contributed by atoms with E-state index in [1.54, 1.807) is 0 Å². The lowest BCUT2D eigenvalue weighted by molar-refractivity contribution is 0.260. The molecule has 0 aromatic heterocycles. The van der Waals surface area contributed by atoms with Crippen LogP contribution in [-0.2, 0) is 6.54 Å². The molecule has 0 bridgehead atoms. The molecular formula is C17H32N4Si. The summed E-state index contributed by atoms with van der Waals surface area (Å²) in [5.41, 5.74) is 1.44. The van der Waals surface area contributed by atoms with Crippen molar-refractivity contribution in [3.63, 3.8) is 0 Å². The van der Waals surface area contributed by atoms with E-state index in [2.05, 4.69) is 45.1 Å². The number of hydrogen-bond donors (Lipinski definition) is 3. The zero-order valence-electron chi connectivity index (χ0n) is 14.0. The monoisotopic (exact) mass is 320 g/mol. The summed E-state index contributed by atoms with van der Waals surface area (Å²) in [5.74, 6) is 0. The Morgan fingerprint density at radius 2 is 1.41 bits per heavy atom.